The summed E-state index contributed by atoms with van der Waals surface area (Å²) in [6.07, 6.45) is 0.875. The lowest BCUT2D eigenvalue weighted by Crippen LogP contribution is -2.29. The first-order valence-electron chi connectivity index (χ1n) is 9.65. The fraction of sp³-hybridized carbons (Fsp3) is 0.227. The van der Waals surface area contributed by atoms with Crippen molar-refractivity contribution in [3.8, 4) is 0 Å². The average molecular weight is 439 g/mol. The van der Waals surface area contributed by atoms with E-state index in [9.17, 15) is 9.59 Å². The molecule has 0 radical (unpaired) electrons. The van der Waals surface area contributed by atoms with E-state index >= 15 is 0 Å². The molecule has 8 heteroatoms. The van der Waals surface area contributed by atoms with Crippen molar-refractivity contribution in [2.24, 2.45) is 5.73 Å². The number of benzene rings is 2. The second kappa shape index (κ2) is 9.42. The normalized spacial score (nSPS) is 13.6. The van der Waals surface area contributed by atoms with E-state index in [0.717, 1.165) is 36.6 Å². The van der Waals surface area contributed by atoms with Gasteiger partial charge in [0.25, 0.3) is 5.91 Å². The number of fused-ring (bicyclic) bond motifs is 1. The van der Waals surface area contributed by atoms with Crippen LogP contribution in [0.5, 0.6) is 0 Å². The summed E-state index contributed by atoms with van der Waals surface area (Å²) >= 11 is 2.79. The maximum absolute atomic E-state index is 12.8. The van der Waals surface area contributed by atoms with E-state index in [0.29, 0.717) is 10.7 Å². The lowest BCUT2D eigenvalue weighted by atomic mass is 10.1. The van der Waals surface area contributed by atoms with Crippen molar-refractivity contribution in [2.75, 3.05) is 17.6 Å². The SMILES string of the molecule is NC(=O)CSc1ccccc1C(=O)Nc1nc2c(s1)CN(Cc1ccccc1)CC2. The highest BCUT2D eigenvalue weighted by molar-refractivity contribution is 8.00. The molecule has 0 fully saturated rings. The zero-order valence-corrected chi connectivity index (χ0v) is 18.0. The first kappa shape index (κ1) is 20.6. The lowest BCUT2D eigenvalue weighted by molar-refractivity contribution is -0.115. The summed E-state index contributed by atoms with van der Waals surface area (Å²) in [5.74, 6) is -0.509. The Kier molecular flexibility index (Phi) is 6.47. The summed E-state index contributed by atoms with van der Waals surface area (Å²) in [5.41, 5.74) is 8.11. The first-order chi connectivity index (χ1) is 14.6. The number of rotatable bonds is 7. The molecule has 154 valence electrons. The summed E-state index contributed by atoms with van der Waals surface area (Å²) in [7, 11) is 0. The van der Waals surface area contributed by atoms with E-state index in [1.54, 1.807) is 12.1 Å². The molecule has 3 N–H and O–H groups in total. The summed E-state index contributed by atoms with van der Waals surface area (Å²) in [6, 6.07) is 17.6. The number of primary amides is 1. The van der Waals surface area contributed by atoms with Gasteiger partial charge in [-0.1, -0.05) is 42.5 Å². The summed E-state index contributed by atoms with van der Waals surface area (Å²) in [6.45, 7) is 2.69. The third-order valence-corrected chi connectivity index (χ3v) is 6.88. The fourth-order valence-corrected chi connectivity index (χ4v) is 5.21. The Balaban J connectivity index is 1.43. The van der Waals surface area contributed by atoms with Crippen LogP contribution in [0, 0.1) is 0 Å². The second-order valence-electron chi connectivity index (χ2n) is 7.04. The molecule has 1 aromatic heterocycles. The standard InChI is InChI=1S/C22H22N4O2S2/c23-20(27)14-29-18-9-5-4-8-16(18)21(28)25-22-24-17-10-11-26(13-19(17)30-22)12-15-6-2-1-3-7-15/h1-9H,10-14H2,(H2,23,27)(H,24,25,28). The molecule has 2 amide bonds. The number of aromatic nitrogens is 1. The van der Waals surface area contributed by atoms with Gasteiger partial charge in [-0.15, -0.1) is 23.1 Å². The van der Waals surface area contributed by atoms with Gasteiger partial charge in [-0.25, -0.2) is 4.98 Å². The third-order valence-electron chi connectivity index (χ3n) is 4.78. The number of amides is 2. The highest BCUT2D eigenvalue weighted by Gasteiger charge is 2.22. The molecule has 0 aliphatic carbocycles. The van der Waals surface area contributed by atoms with Crippen LogP contribution in [-0.4, -0.2) is 34.0 Å². The highest BCUT2D eigenvalue weighted by atomic mass is 32.2. The minimum atomic E-state index is -0.414. The molecule has 3 aromatic rings. The van der Waals surface area contributed by atoms with Crippen molar-refractivity contribution in [2.45, 2.75) is 24.4 Å². The van der Waals surface area contributed by atoms with Crippen molar-refractivity contribution in [3.05, 3.63) is 76.3 Å². The molecule has 0 bridgehead atoms. The minimum absolute atomic E-state index is 0.132. The molecule has 0 unspecified atom stereocenters. The van der Waals surface area contributed by atoms with Gasteiger partial charge in [-0.05, 0) is 17.7 Å². The predicted molar refractivity (Wildman–Crippen MR) is 121 cm³/mol. The van der Waals surface area contributed by atoms with Crippen molar-refractivity contribution in [1.82, 2.24) is 9.88 Å². The number of carbonyl (C=O) groups is 2. The molecule has 2 aromatic carbocycles. The lowest BCUT2D eigenvalue weighted by Gasteiger charge is -2.25. The first-order valence-corrected chi connectivity index (χ1v) is 11.4. The smallest absolute Gasteiger partial charge is 0.258 e. The number of carbonyl (C=O) groups excluding carboxylic acids is 2. The van der Waals surface area contributed by atoms with Gasteiger partial charge in [0.1, 0.15) is 0 Å². The molecular weight excluding hydrogens is 416 g/mol. The number of nitrogens with one attached hydrogen (secondary N) is 1. The molecule has 0 spiro atoms. The molecule has 0 saturated carbocycles. The van der Waals surface area contributed by atoms with Gasteiger partial charge in [0.05, 0.1) is 17.0 Å². The van der Waals surface area contributed by atoms with Crippen LogP contribution < -0.4 is 11.1 Å². The fourth-order valence-electron chi connectivity index (χ4n) is 3.37. The van der Waals surface area contributed by atoms with E-state index in [1.165, 1.54) is 33.5 Å². The number of nitrogens with zero attached hydrogens (tertiary/aromatic N) is 2. The molecule has 0 saturated heterocycles. The van der Waals surface area contributed by atoms with Gasteiger partial charge in [0.15, 0.2) is 5.13 Å². The van der Waals surface area contributed by atoms with Crippen LogP contribution in [-0.2, 0) is 24.3 Å². The van der Waals surface area contributed by atoms with Crippen LogP contribution >= 0.6 is 23.1 Å². The molecule has 2 heterocycles. The maximum Gasteiger partial charge on any atom is 0.258 e. The number of nitrogens with two attached hydrogens (primary N) is 1. The Hall–Kier alpha value is -2.68. The van der Waals surface area contributed by atoms with Crippen molar-refractivity contribution < 1.29 is 9.59 Å². The van der Waals surface area contributed by atoms with E-state index < -0.39 is 5.91 Å². The zero-order chi connectivity index (χ0) is 20.9. The molecule has 4 rings (SSSR count). The van der Waals surface area contributed by atoms with Gasteiger partial charge in [-0.2, -0.15) is 0 Å². The third kappa shape index (κ3) is 5.08. The number of hydrogen-bond donors (Lipinski definition) is 2. The Morgan fingerprint density at radius 3 is 2.70 bits per heavy atom. The van der Waals surface area contributed by atoms with E-state index in [2.05, 4.69) is 39.5 Å². The Bertz CT molecular complexity index is 1050. The Morgan fingerprint density at radius 2 is 1.90 bits per heavy atom. The number of thiazole rings is 1. The maximum atomic E-state index is 12.8. The summed E-state index contributed by atoms with van der Waals surface area (Å²) in [4.78, 5) is 32.9. The van der Waals surface area contributed by atoms with Gasteiger partial charge < -0.3 is 5.73 Å². The number of anilines is 1. The Labute approximate surface area is 183 Å². The van der Waals surface area contributed by atoms with Crippen LogP contribution in [0.3, 0.4) is 0 Å². The van der Waals surface area contributed by atoms with Crippen LogP contribution in [0.25, 0.3) is 0 Å². The Morgan fingerprint density at radius 1 is 1.13 bits per heavy atom. The van der Waals surface area contributed by atoms with E-state index in [-0.39, 0.29) is 11.7 Å². The van der Waals surface area contributed by atoms with Crippen molar-refractivity contribution in [1.29, 1.82) is 0 Å². The van der Waals surface area contributed by atoms with Crippen LogP contribution in [0.1, 0.15) is 26.5 Å². The molecule has 0 atom stereocenters. The largest absolute Gasteiger partial charge is 0.369 e. The van der Waals surface area contributed by atoms with Gasteiger partial charge in [-0.3, -0.25) is 19.8 Å². The minimum Gasteiger partial charge on any atom is -0.369 e. The summed E-state index contributed by atoms with van der Waals surface area (Å²) < 4.78 is 0. The van der Waals surface area contributed by atoms with E-state index in [4.69, 9.17) is 5.73 Å². The monoisotopic (exact) mass is 438 g/mol. The molecule has 6 nitrogen and oxygen atoms in total. The molecule has 30 heavy (non-hydrogen) atoms. The van der Waals surface area contributed by atoms with Crippen molar-refractivity contribution in [3.63, 3.8) is 0 Å². The van der Waals surface area contributed by atoms with Crippen LogP contribution in [0.4, 0.5) is 5.13 Å². The zero-order valence-electron chi connectivity index (χ0n) is 16.3. The topological polar surface area (TPSA) is 88.3 Å². The van der Waals surface area contributed by atoms with Gasteiger partial charge in [0, 0.05) is 35.8 Å². The molecule has 1 aliphatic rings. The van der Waals surface area contributed by atoms with E-state index in [1.807, 2.05) is 18.2 Å². The van der Waals surface area contributed by atoms with Gasteiger partial charge >= 0.3 is 0 Å². The highest BCUT2D eigenvalue weighted by Crippen LogP contribution is 2.30. The summed E-state index contributed by atoms with van der Waals surface area (Å²) in [5, 5.41) is 3.54. The quantitative estimate of drug-likeness (QED) is 0.551. The number of hydrogen-bond acceptors (Lipinski definition) is 6. The second-order valence-corrected chi connectivity index (χ2v) is 9.14. The predicted octanol–water partition coefficient (Wildman–Crippen LogP) is 3.53. The van der Waals surface area contributed by atoms with Crippen molar-refractivity contribution >= 4 is 40.0 Å². The average Bonchev–Trinajstić information content (AvgIpc) is 3.14. The molecule has 1 aliphatic heterocycles. The molecular formula is C22H22N4O2S2. The van der Waals surface area contributed by atoms with Gasteiger partial charge in [0.2, 0.25) is 5.91 Å². The number of thioether (sulfide) groups is 1. The van der Waals surface area contributed by atoms with Crippen LogP contribution in [0.2, 0.25) is 0 Å². The van der Waals surface area contributed by atoms with Crippen LogP contribution in [0.15, 0.2) is 59.5 Å².